The van der Waals surface area contributed by atoms with Crippen LogP contribution in [0.15, 0.2) is 41.3 Å². The molecule has 0 aliphatic heterocycles. The summed E-state index contributed by atoms with van der Waals surface area (Å²) < 4.78 is 8.77. The van der Waals surface area contributed by atoms with Crippen LogP contribution in [0.3, 0.4) is 0 Å². The van der Waals surface area contributed by atoms with Crippen molar-refractivity contribution in [3.05, 3.63) is 68.1 Å². The molecular weight excluding hydrogens is 417 g/mol. The van der Waals surface area contributed by atoms with E-state index in [4.69, 9.17) is 27.9 Å². The molecule has 0 saturated carbocycles. The monoisotopic (exact) mass is 435 g/mol. The topological polar surface area (TPSA) is 86.4 Å². The Bertz CT molecular complexity index is 1120. The normalized spacial score (nSPS) is 10.9. The molecule has 7 nitrogen and oxygen atoms in total. The number of ether oxygens (including phenoxy) is 1. The molecule has 0 radical (unpaired) electrons. The van der Waals surface area contributed by atoms with Crippen LogP contribution < -0.4 is 10.2 Å². The molecule has 0 aliphatic rings. The molecule has 1 aromatic carbocycles. The van der Waals surface area contributed by atoms with Crippen LogP contribution in [0.2, 0.25) is 10.0 Å². The minimum atomic E-state index is -1.30. The van der Waals surface area contributed by atoms with Gasteiger partial charge in [0.1, 0.15) is 5.56 Å². The molecule has 2 heterocycles. The Hall–Kier alpha value is -2.77. The summed E-state index contributed by atoms with van der Waals surface area (Å²) >= 11 is 12.1. The fourth-order valence-electron chi connectivity index (χ4n) is 3.16. The molecule has 29 heavy (non-hydrogen) atoms. The van der Waals surface area contributed by atoms with Crippen molar-refractivity contribution in [2.24, 2.45) is 0 Å². The molecule has 0 atom stereocenters. The number of hydrogen-bond donors (Lipinski definition) is 1. The lowest BCUT2D eigenvalue weighted by atomic mass is 10.0. The predicted molar refractivity (Wildman–Crippen MR) is 111 cm³/mol. The van der Waals surface area contributed by atoms with E-state index in [1.54, 1.807) is 39.7 Å². The van der Waals surface area contributed by atoms with Gasteiger partial charge in [0.05, 0.1) is 28.9 Å². The number of nitrogens with zero attached hydrogens (tertiary/aromatic N) is 3. The van der Waals surface area contributed by atoms with Gasteiger partial charge in [-0.25, -0.2) is 4.79 Å². The standard InChI is InChI=1S/C20H19Cl2N3O4/c1-3-25-13(11-24-8-7-17(23-24)29-4-2)10-16(26)18(20(27)28)19(25)12-5-6-14(21)15(22)9-12/h5-10H,3-4,11H2,1-2H3,(H,27,28). The van der Waals surface area contributed by atoms with Gasteiger partial charge < -0.3 is 14.4 Å². The lowest BCUT2D eigenvalue weighted by molar-refractivity contribution is 0.0695. The Morgan fingerprint density at radius 1 is 1.17 bits per heavy atom. The SMILES string of the molecule is CCOc1ccn(Cc2cc(=O)c(C(=O)O)c(-c3ccc(Cl)c(Cl)c3)n2CC)n1. The maximum absolute atomic E-state index is 12.7. The number of benzene rings is 1. The first-order chi connectivity index (χ1) is 13.8. The number of pyridine rings is 1. The van der Waals surface area contributed by atoms with Crippen LogP contribution in [0.25, 0.3) is 11.3 Å². The van der Waals surface area contributed by atoms with Gasteiger partial charge in [-0.2, -0.15) is 0 Å². The second-order valence-corrected chi connectivity index (χ2v) is 7.00. The Labute approximate surface area is 177 Å². The highest BCUT2D eigenvalue weighted by Crippen LogP contribution is 2.30. The van der Waals surface area contributed by atoms with Gasteiger partial charge in [0.2, 0.25) is 5.88 Å². The lowest BCUT2D eigenvalue weighted by Gasteiger charge is -2.20. The van der Waals surface area contributed by atoms with Crippen LogP contribution in [0, 0.1) is 0 Å². The van der Waals surface area contributed by atoms with Crippen LogP contribution >= 0.6 is 23.2 Å². The molecule has 0 bridgehead atoms. The molecule has 152 valence electrons. The molecule has 0 unspecified atom stereocenters. The van der Waals surface area contributed by atoms with Gasteiger partial charge >= 0.3 is 5.97 Å². The third-order valence-corrected chi connectivity index (χ3v) is 5.09. The fourth-order valence-corrected chi connectivity index (χ4v) is 3.46. The van der Waals surface area contributed by atoms with Gasteiger partial charge in [0.25, 0.3) is 0 Å². The van der Waals surface area contributed by atoms with E-state index in [-0.39, 0.29) is 22.8 Å². The van der Waals surface area contributed by atoms with Gasteiger partial charge in [-0.3, -0.25) is 9.48 Å². The van der Waals surface area contributed by atoms with Crippen LogP contribution in [-0.4, -0.2) is 32.0 Å². The first kappa shape index (κ1) is 21.0. The number of halogens is 2. The van der Waals surface area contributed by atoms with Crippen molar-refractivity contribution in [2.75, 3.05) is 6.61 Å². The highest BCUT2D eigenvalue weighted by Gasteiger charge is 2.22. The Kier molecular flexibility index (Phi) is 6.30. The third kappa shape index (κ3) is 4.31. The summed E-state index contributed by atoms with van der Waals surface area (Å²) in [6.07, 6.45) is 1.74. The predicted octanol–water partition coefficient (Wildman–Crippen LogP) is 4.18. The molecular formula is C20H19Cl2N3O4. The van der Waals surface area contributed by atoms with Crippen LogP contribution in [0.5, 0.6) is 5.88 Å². The van der Waals surface area contributed by atoms with Crippen molar-refractivity contribution in [1.82, 2.24) is 14.3 Å². The van der Waals surface area contributed by atoms with E-state index in [0.717, 1.165) is 0 Å². The summed E-state index contributed by atoms with van der Waals surface area (Å²) in [5.41, 5.74) is 0.473. The number of aromatic nitrogens is 3. The van der Waals surface area contributed by atoms with E-state index >= 15 is 0 Å². The summed E-state index contributed by atoms with van der Waals surface area (Å²) in [6.45, 7) is 4.93. The number of hydrogen-bond acceptors (Lipinski definition) is 4. The summed E-state index contributed by atoms with van der Waals surface area (Å²) in [6, 6.07) is 7.83. The molecule has 0 aliphatic carbocycles. The summed E-state index contributed by atoms with van der Waals surface area (Å²) in [5.74, 6) is -0.827. The Morgan fingerprint density at radius 3 is 2.55 bits per heavy atom. The summed E-state index contributed by atoms with van der Waals surface area (Å²) in [4.78, 5) is 24.6. The highest BCUT2D eigenvalue weighted by molar-refractivity contribution is 6.42. The second kappa shape index (κ2) is 8.71. The molecule has 0 saturated heterocycles. The van der Waals surface area contributed by atoms with Crippen molar-refractivity contribution < 1.29 is 14.6 Å². The quantitative estimate of drug-likeness (QED) is 0.601. The minimum Gasteiger partial charge on any atom is -0.477 e. The largest absolute Gasteiger partial charge is 0.477 e. The van der Waals surface area contributed by atoms with Crippen molar-refractivity contribution in [3.8, 4) is 17.1 Å². The van der Waals surface area contributed by atoms with Gasteiger partial charge in [-0.1, -0.05) is 29.3 Å². The van der Waals surface area contributed by atoms with Crippen molar-refractivity contribution in [1.29, 1.82) is 0 Å². The number of aromatic carboxylic acids is 1. The molecule has 3 aromatic rings. The van der Waals surface area contributed by atoms with Crippen LogP contribution in [0.4, 0.5) is 0 Å². The number of carboxylic acids is 1. The van der Waals surface area contributed by atoms with Crippen molar-refractivity contribution in [2.45, 2.75) is 26.9 Å². The zero-order chi connectivity index (χ0) is 21.1. The zero-order valence-electron chi connectivity index (χ0n) is 15.9. The van der Waals surface area contributed by atoms with Gasteiger partial charge in [-0.15, -0.1) is 5.10 Å². The molecule has 0 fully saturated rings. The van der Waals surface area contributed by atoms with Crippen LogP contribution in [0.1, 0.15) is 29.9 Å². The maximum atomic E-state index is 12.7. The zero-order valence-corrected chi connectivity index (χ0v) is 17.4. The summed E-state index contributed by atoms with van der Waals surface area (Å²) in [5, 5.41) is 14.6. The second-order valence-electron chi connectivity index (χ2n) is 6.19. The molecule has 3 rings (SSSR count). The number of rotatable bonds is 7. The molecule has 1 N–H and O–H groups in total. The third-order valence-electron chi connectivity index (χ3n) is 4.35. The highest BCUT2D eigenvalue weighted by atomic mass is 35.5. The van der Waals surface area contributed by atoms with Crippen molar-refractivity contribution >= 4 is 29.2 Å². The Morgan fingerprint density at radius 2 is 1.93 bits per heavy atom. The number of carboxylic acid groups (broad SMARTS) is 1. The van der Waals surface area contributed by atoms with Crippen LogP contribution in [-0.2, 0) is 13.1 Å². The maximum Gasteiger partial charge on any atom is 0.341 e. The van der Waals surface area contributed by atoms with E-state index in [9.17, 15) is 14.7 Å². The number of carbonyl (C=O) groups is 1. The first-order valence-electron chi connectivity index (χ1n) is 8.97. The first-order valence-corrected chi connectivity index (χ1v) is 9.73. The molecule has 0 amide bonds. The van der Waals surface area contributed by atoms with Crippen molar-refractivity contribution in [3.63, 3.8) is 0 Å². The van der Waals surface area contributed by atoms with Gasteiger partial charge in [0, 0.05) is 36.1 Å². The van der Waals surface area contributed by atoms with E-state index in [1.807, 2.05) is 13.8 Å². The van der Waals surface area contributed by atoms with E-state index in [0.29, 0.717) is 35.3 Å². The average Bonchev–Trinajstić information content (AvgIpc) is 3.10. The lowest BCUT2D eigenvalue weighted by Crippen LogP contribution is -2.24. The van der Waals surface area contributed by atoms with Gasteiger partial charge in [0.15, 0.2) is 5.43 Å². The van der Waals surface area contributed by atoms with E-state index in [1.165, 1.54) is 6.07 Å². The molecule has 0 spiro atoms. The average molecular weight is 436 g/mol. The van der Waals surface area contributed by atoms with E-state index < -0.39 is 11.4 Å². The minimum absolute atomic E-state index is 0.268. The molecule has 9 heteroatoms. The smallest absolute Gasteiger partial charge is 0.341 e. The molecule has 2 aromatic heterocycles. The van der Waals surface area contributed by atoms with E-state index in [2.05, 4.69) is 5.10 Å². The summed E-state index contributed by atoms with van der Waals surface area (Å²) in [7, 11) is 0. The van der Waals surface area contributed by atoms with Gasteiger partial charge in [-0.05, 0) is 26.0 Å². The fraction of sp³-hybridized carbons (Fsp3) is 0.250. The Balaban J connectivity index is 2.20.